The molecule has 4 rings (SSSR count). The molecule has 1 aromatic heterocycles. The van der Waals surface area contributed by atoms with E-state index >= 15 is 0 Å². The molecule has 0 amide bonds. The van der Waals surface area contributed by atoms with Crippen molar-refractivity contribution in [2.24, 2.45) is 5.16 Å². The van der Waals surface area contributed by atoms with Gasteiger partial charge in [-0.3, -0.25) is 10.00 Å². The summed E-state index contributed by atoms with van der Waals surface area (Å²) in [4.78, 5) is 7.90. The minimum absolute atomic E-state index is 0.127. The summed E-state index contributed by atoms with van der Waals surface area (Å²) in [6.45, 7) is 1.73. The maximum Gasteiger partial charge on any atom is 0.145 e. The lowest BCUT2D eigenvalue weighted by Gasteiger charge is -2.19. The first-order chi connectivity index (χ1) is 11.3. The smallest absolute Gasteiger partial charge is 0.145 e. The van der Waals surface area contributed by atoms with Gasteiger partial charge in [0.1, 0.15) is 6.10 Å². The Morgan fingerprint density at radius 2 is 2.13 bits per heavy atom. The van der Waals surface area contributed by atoms with Crippen LogP contribution in [0.3, 0.4) is 0 Å². The molecule has 1 atom stereocenters. The van der Waals surface area contributed by atoms with Crippen LogP contribution < -0.4 is 0 Å². The lowest BCUT2D eigenvalue weighted by Crippen LogP contribution is -2.29. The van der Waals surface area contributed by atoms with Crippen molar-refractivity contribution in [3.8, 4) is 0 Å². The number of fused-ring (bicyclic) bond motifs is 1. The number of aromatic nitrogens is 2. The molecule has 1 aliphatic carbocycles. The van der Waals surface area contributed by atoms with Gasteiger partial charge in [-0.15, -0.1) is 0 Å². The van der Waals surface area contributed by atoms with E-state index < -0.39 is 0 Å². The molecule has 0 saturated heterocycles. The molecular weight excluding hydrogens is 288 g/mol. The molecule has 5 heteroatoms. The maximum atomic E-state index is 5.62. The zero-order valence-electron chi connectivity index (χ0n) is 13.5. The Morgan fingerprint density at radius 3 is 3.00 bits per heavy atom. The number of aromatic amines is 1. The fourth-order valence-electron chi connectivity index (χ4n) is 3.51. The van der Waals surface area contributed by atoms with Gasteiger partial charge < -0.3 is 4.84 Å². The summed E-state index contributed by atoms with van der Waals surface area (Å²) in [5.41, 5.74) is 6.17. The first-order valence-corrected chi connectivity index (χ1v) is 8.31. The molecule has 1 aliphatic heterocycles. The van der Waals surface area contributed by atoms with Gasteiger partial charge in [0.25, 0.3) is 0 Å². The van der Waals surface area contributed by atoms with Crippen LogP contribution in [0.2, 0.25) is 0 Å². The molecule has 0 spiro atoms. The van der Waals surface area contributed by atoms with Gasteiger partial charge in [-0.2, -0.15) is 5.10 Å². The first-order valence-electron chi connectivity index (χ1n) is 8.31. The van der Waals surface area contributed by atoms with Crippen LogP contribution in [0.4, 0.5) is 0 Å². The molecule has 23 heavy (non-hydrogen) atoms. The van der Waals surface area contributed by atoms with Crippen LogP contribution >= 0.6 is 0 Å². The Bertz CT molecular complexity index is 707. The summed E-state index contributed by atoms with van der Waals surface area (Å²) in [7, 11) is 2.12. The summed E-state index contributed by atoms with van der Waals surface area (Å²) in [5, 5.41) is 11.9. The van der Waals surface area contributed by atoms with Crippen molar-refractivity contribution < 1.29 is 4.84 Å². The highest BCUT2D eigenvalue weighted by molar-refractivity contribution is 6.01. The fourth-order valence-corrected chi connectivity index (χ4v) is 3.51. The SMILES string of the molecule is CN(Cc1n[nH]c2c1CCC2)C[C@@H]1CC(c2ccccc2)=NO1. The predicted octanol–water partition coefficient (Wildman–Crippen LogP) is 2.52. The van der Waals surface area contributed by atoms with Crippen LogP contribution in [-0.4, -0.2) is 40.5 Å². The summed E-state index contributed by atoms with van der Waals surface area (Å²) < 4.78 is 0. The van der Waals surface area contributed by atoms with E-state index in [-0.39, 0.29) is 6.10 Å². The molecule has 2 aromatic rings. The number of hydrogen-bond donors (Lipinski definition) is 1. The monoisotopic (exact) mass is 310 g/mol. The molecule has 1 aromatic carbocycles. The second-order valence-electron chi connectivity index (χ2n) is 6.51. The number of benzene rings is 1. The fraction of sp³-hybridized carbons (Fsp3) is 0.444. The van der Waals surface area contributed by atoms with E-state index in [1.165, 1.54) is 23.4 Å². The molecule has 2 heterocycles. The van der Waals surface area contributed by atoms with E-state index in [2.05, 4.69) is 39.4 Å². The van der Waals surface area contributed by atoms with E-state index in [1.807, 2.05) is 18.2 Å². The summed E-state index contributed by atoms with van der Waals surface area (Å²) >= 11 is 0. The molecule has 0 radical (unpaired) electrons. The average Bonchev–Trinajstić information content (AvgIpc) is 3.27. The summed E-state index contributed by atoms with van der Waals surface area (Å²) in [5.74, 6) is 0. The number of aryl methyl sites for hydroxylation is 1. The molecule has 120 valence electrons. The molecule has 2 aliphatic rings. The van der Waals surface area contributed by atoms with Crippen molar-refractivity contribution >= 4 is 5.71 Å². The number of hydrogen-bond acceptors (Lipinski definition) is 4. The Labute approximate surface area is 136 Å². The molecule has 0 fully saturated rings. The third kappa shape index (κ3) is 3.01. The van der Waals surface area contributed by atoms with Crippen LogP contribution in [0.15, 0.2) is 35.5 Å². The van der Waals surface area contributed by atoms with Crippen LogP contribution in [0.5, 0.6) is 0 Å². The zero-order chi connectivity index (χ0) is 15.6. The van der Waals surface area contributed by atoms with Crippen molar-refractivity contribution in [2.45, 2.75) is 38.3 Å². The minimum Gasteiger partial charge on any atom is -0.390 e. The second-order valence-corrected chi connectivity index (χ2v) is 6.51. The Hall–Kier alpha value is -2.14. The van der Waals surface area contributed by atoms with E-state index in [4.69, 9.17) is 4.84 Å². The van der Waals surface area contributed by atoms with Gasteiger partial charge in [-0.05, 0) is 37.4 Å². The van der Waals surface area contributed by atoms with Crippen LogP contribution in [0.1, 0.15) is 35.4 Å². The topological polar surface area (TPSA) is 53.5 Å². The highest BCUT2D eigenvalue weighted by atomic mass is 16.6. The van der Waals surface area contributed by atoms with Gasteiger partial charge in [-0.1, -0.05) is 35.5 Å². The Balaban J connectivity index is 1.33. The van der Waals surface area contributed by atoms with Gasteiger partial charge in [0.15, 0.2) is 0 Å². The summed E-state index contributed by atoms with van der Waals surface area (Å²) in [6.07, 6.45) is 4.55. The van der Waals surface area contributed by atoms with Crippen molar-refractivity contribution in [2.75, 3.05) is 13.6 Å². The lowest BCUT2D eigenvalue weighted by atomic mass is 10.0. The number of H-pyrrole nitrogens is 1. The third-order valence-electron chi connectivity index (χ3n) is 4.67. The first kappa shape index (κ1) is 14.5. The van der Waals surface area contributed by atoms with Gasteiger partial charge in [0, 0.05) is 25.2 Å². The molecule has 1 N–H and O–H groups in total. The summed E-state index contributed by atoms with van der Waals surface area (Å²) in [6, 6.07) is 10.3. The van der Waals surface area contributed by atoms with Gasteiger partial charge >= 0.3 is 0 Å². The highest BCUT2D eigenvalue weighted by Crippen LogP contribution is 2.24. The van der Waals surface area contributed by atoms with Crippen LogP contribution in [-0.2, 0) is 24.2 Å². The van der Waals surface area contributed by atoms with E-state index in [1.54, 1.807) is 0 Å². The largest absolute Gasteiger partial charge is 0.390 e. The van der Waals surface area contributed by atoms with Gasteiger partial charge in [0.2, 0.25) is 0 Å². The normalized spacial score (nSPS) is 19.7. The average molecular weight is 310 g/mol. The highest BCUT2D eigenvalue weighted by Gasteiger charge is 2.25. The van der Waals surface area contributed by atoms with Crippen molar-refractivity contribution in [3.63, 3.8) is 0 Å². The number of oxime groups is 1. The lowest BCUT2D eigenvalue weighted by molar-refractivity contribution is 0.0573. The standard InChI is InChI=1S/C18H22N4O/c1-22(12-18-15-8-5-9-16(15)19-20-18)11-14-10-17(21-23-14)13-6-3-2-4-7-13/h2-4,6-7,14H,5,8-12H2,1H3,(H,19,20)/t14-/m0/s1. The predicted molar refractivity (Wildman–Crippen MR) is 89.4 cm³/mol. The number of likely N-dealkylation sites (N-methyl/N-ethyl adjacent to an activating group) is 1. The second kappa shape index (κ2) is 6.16. The number of nitrogens with one attached hydrogen (secondary N) is 1. The number of rotatable bonds is 5. The molecule has 0 unspecified atom stereocenters. The minimum atomic E-state index is 0.127. The molecule has 0 bridgehead atoms. The quantitative estimate of drug-likeness (QED) is 0.923. The van der Waals surface area contributed by atoms with Gasteiger partial charge in [-0.25, -0.2) is 0 Å². The molecule has 0 saturated carbocycles. The van der Waals surface area contributed by atoms with E-state index in [0.29, 0.717) is 0 Å². The van der Waals surface area contributed by atoms with Crippen molar-refractivity contribution in [3.05, 3.63) is 52.8 Å². The Kier molecular flexibility index (Phi) is 3.87. The maximum absolute atomic E-state index is 5.62. The van der Waals surface area contributed by atoms with Crippen molar-refractivity contribution in [1.29, 1.82) is 0 Å². The van der Waals surface area contributed by atoms with E-state index in [9.17, 15) is 0 Å². The number of nitrogens with zero attached hydrogens (tertiary/aromatic N) is 3. The van der Waals surface area contributed by atoms with Gasteiger partial charge in [0.05, 0.1) is 11.4 Å². The third-order valence-corrected chi connectivity index (χ3v) is 4.67. The molecular formula is C18H22N4O. The Morgan fingerprint density at radius 1 is 1.26 bits per heavy atom. The van der Waals surface area contributed by atoms with Crippen molar-refractivity contribution in [1.82, 2.24) is 15.1 Å². The molecule has 5 nitrogen and oxygen atoms in total. The van der Waals surface area contributed by atoms with Crippen LogP contribution in [0.25, 0.3) is 0 Å². The zero-order valence-corrected chi connectivity index (χ0v) is 13.5. The van der Waals surface area contributed by atoms with E-state index in [0.717, 1.165) is 43.6 Å². The van der Waals surface area contributed by atoms with Crippen LogP contribution in [0, 0.1) is 0 Å².